The van der Waals surface area contributed by atoms with Crippen molar-refractivity contribution in [2.45, 2.75) is 65.2 Å². The normalized spacial score (nSPS) is 20.9. The van der Waals surface area contributed by atoms with Crippen LogP contribution >= 0.6 is 0 Å². The molecule has 0 aromatic rings. The minimum absolute atomic E-state index is 0.172. The van der Waals surface area contributed by atoms with Crippen molar-refractivity contribution >= 4 is 5.97 Å². The van der Waals surface area contributed by atoms with Gasteiger partial charge in [0.05, 0.1) is 5.92 Å². The lowest BCUT2D eigenvalue weighted by Gasteiger charge is -2.15. The minimum Gasteiger partial charge on any atom is -0.481 e. The molecule has 0 spiro atoms. The summed E-state index contributed by atoms with van der Waals surface area (Å²) < 4.78 is 0. The Kier molecular flexibility index (Phi) is 5.86. The molecule has 0 aromatic carbocycles. The Bertz CT molecular complexity index is 207. The summed E-state index contributed by atoms with van der Waals surface area (Å²) in [6.45, 7) is 4.08. The molecule has 2 heteroatoms. The van der Waals surface area contributed by atoms with E-state index in [1.54, 1.807) is 0 Å². The molecule has 0 amide bonds. The SMILES string of the molecule is CC(CCC1CCCC1)CCC(C)C(=O)O. The third-order valence-electron chi connectivity index (χ3n) is 4.06. The van der Waals surface area contributed by atoms with Gasteiger partial charge in [-0.05, 0) is 24.7 Å². The van der Waals surface area contributed by atoms with Crippen LogP contribution in [0.1, 0.15) is 65.2 Å². The Balaban J connectivity index is 2.05. The van der Waals surface area contributed by atoms with E-state index in [0.29, 0.717) is 5.92 Å². The summed E-state index contributed by atoms with van der Waals surface area (Å²) in [7, 11) is 0. The van der Waals surface area contributed by atoms with Gasteiger partial charge in [-0.1, -0.05) is 52.4 Å². The highest BCUT2D eigenvalue weighted by atomic mass is 16.4. The molecule has 2 atom stereocenters. The summed E-state index contributed by atoms with van der Waals surface area (Å²) >= 11 is 0. The van der Waals surface area contributed by atoms with Crippen molar-refractivity contribution in [3.63, 3.8) is 0 Å². The van der Waals surface area contributed by atoms with Crippen LogP contribution in [0.15, 0.2) is 0 Å². The molecule has 2 unspecified atom stereocenters. The lowest BCUT2D eigenvalue weighted by molar-refractivity contribution is -0.141. The number of rotatable bonds is 7. The monoisotopic (exact) mass is 226 g/mol. The average Bonchev–Trinajstić information content (AvgIpc) is 2.75. The number of carboxylic acid groups (broad SMARTS) is 1. The molecule has 0 heterocycles. The quantitative estimate of drug-likeness (QED) is 0.709. The van der Waals surface area contributed by atoms with Crippen molar-refractivity contribution < 1.29 is 9.90 Å². The van der Waals surface area contributed by atoms with Gasteiger partial charge in [-0.3, -0.25) is 4.79 Å². The zero-order valence-corrected chi connectivity index (χ0v) is 10.7. The molecule has 16 heavy (non-hydrogen) atoms. The van der Waals surface area contributed by atoms with Crippen LogP contribution in [0.25, 0.3) is 0 Å². The van der Waals surface area contributed by atoms with E-state index in [1.807, 2.05) is 6.92 Å². The molecule has 0 radical (unpaired) electrons. The Morgan fingerprint density at radius 2 is 1.81 bits per heavy atom. The van der Waals surface area contributed by atoms with Gasteiger partial charge < -0.3 is 5.11 Å². The van der Waals surface area contributed by atoms with Gasteiger partial charge in [0.1, 0.15) is 0 Å². The highest BCUT2D eigenvalue weighted by molar-refractivity contribution is 5.69. The van der Waals surface area contributed by atoms with Crippen molar-refractivity contribution in [1.29, 1.82) is 0 Å². The van der Waals surface area contributed by atoms with E-state index < -0.39 is 5.97 Å². The predicted octanol–water partition coefficient (Wildman–Crippen LogP) is 4.09. The number of carbonyl (C=O) groups is 1. The fourth-order valence-electron chi connectivity index (χ4n) is 2.62. The number of hydrogen-bond donors (Lipinski definition) is 1. The lowest BCUT2D eigenvalue weighted by atomic mass is 9.91. The molecular weight excluding hydrogens is 200 g/mol. The molecule has 0 aliphatic heterocycles. The molecule has 1 aliphatic rings. The second kappa shape index (κ2) is 6.93. The van der Waals surface area contributed by atoms with Crippen LogP contribution in [-0.4, -0.2) is 11.1 Å². The Labute approximate surface area is 99.4 Å². The topological polar surface area (TPSA) is 37.3 Å². The first-order valence-electron chi connectivity index (χ1n) is 6.82. The standard InChI is InChI=1S/C14H26O2/c1-11(7-9-12(2)14(15)16)8-10-13-5-3-4-6-13/h11-13H,3-10H2,1-2H3,(H,15,16). The van der Waals surface area contributed by atoms with E-state index in [4.69, 9.17) is 5.11 Å². The number of aliphatic carboxylic acids is 1. The maximum atomic E-state index is 10.7. The van der Waals surface area contributed by atoms with Gasteiger partial charge in [0.25, 0.3) is 0 Å². The molecule has 0 aromatic heterocycles. The van der Waals surface area contributed by atoms with Gasteiger partial charge in [0, 0.05) is 0 Å². The molecule has 1 rings (SSSR count). The first-order chi connectivity index (χ1) is 7.59. The van der Waals surface area contributed by atoms with Crippen LogP contribution in [0.5, 0.6) is 0 Å². The van der Waals surface area contributed by atoms with E-state index in [2.05, 4.69) is 6.92 Å². The lowest BCUT2D eigenvalue weighted by Crippen LogP contribution is -2.11. The smallest absolute Gasteiger partial charge is 0.306 e. The van der Waals surface area contributed by atoms with Crippen LogP contribution in [0, 0.1) is 17.8 Å². The fourth-order valence-corrected chi connectivity index (χ4v) is 2.62. The number of hydrogen-bond acceptors (Lipinski definition) is 1. The third-order valence-corrected chi connectivity index (χ3v) is 4.06. The third kappa shape index (κ3) is 5.00. The van der Waals surface area contributed by atoms with Gasteiger partial charge >= 0.3 is 5.97 Å². The van der Waals surface area contributed by atoms with E-state index in [1.165, 1.54) is 38.5 Å². The Hall–Kier alpha value is -0.530. The van der Waals surface area contributed by atoms with Gasteiger partial charge in [-0.2, -0.15) is 0 Å². The average molecular weight is 226 g/mol. The van der Waals surface area contributed by atoms with E-state index in [0.717, 1.165) is 18.8 Å². The molecule has 94 valence electrons. The van der Waals surface area contributed by atoms with Crippen molar-refractivity contribution in [3.05, 3.63) is 0 Å². The van der Waals surface area contributed by atoms with Crippen LogP contribution in [-0.2, 0) is 4.79 Å². The van der Waals surface area contributed by atoms with Crippen LogP contribution < -0.4 is 0 Å². The Morgan fingerprint density at radius 1 is 1.19 bits per heavy atom. The summed E-state index contributed by atoms with van der Waals surface area (Å²) in [5.41, 5.74) is 0. The second-order valence-corrected chi connectivity index (χ2v) is 5.65. The molecule has 1 N–H and O–H groups in total. The van der Waals surface area contributed by atoms with Gasteiger partial charge in [-0.15, -0.1) is 0 Å². The molecule has 0 bridgehead atoms. The Morgan fingerprint density at radius 3 is 2.38 bits per heavy atom. The summed E-state index contributed by atoms with van der Waals surface area (Å²) in [5.74, 6) is 0.846. The largest absolute Gasteiger partial charge is 0.481 e. The predicted molar refractivity (Wildman–Crippen MR) is 66.4 cm³/mol. The van der Waals surface area contributed by atoms with E-state index >= 15 is 0 Å². The minimum atomic E-state index is -0.650. The fraction of sp³-hybridized carbons (Fsp3) is 0.929. The molecule has 1 saturated carbocycles. The molecule has 2 nitrogen and oxygen atoms in total. The highest BCUT2D eigenvalue weighted by Crippen LogP contribution is 2.30. The molecule has 0 saturated heterocycles. The zero-order chi connectivity index (χ0) is 12.0. The first-order valence-corrected chi connectivity index (χ1v) is 6.82. The molecule has 1 aliphatic carbocycles. The van der Waals surface area contributed by atoms with Crippen molar-refractivity contribution in [2.24, 2.45) is 17.8 Å². The molecule has 1 fully saturated rings. The van der Waals surface area contributed by atoms with E-state index in [9.17, 15) is 4.79 Å². The maximum absolute atomic E-state index is 10.7. The van der Waals surface area contributed by atoms with Crippen molar-refractivity contribution in [1.82, 2.24) is 0 Å². The van der Waals surface area contributed by atoms with Gasteiger partial charge in [0.15, 0.2) is 0 Å². The zero-order valence-electron chi connectivity index (χ0n) is 10.7. The molecular formula is C14H26O2. The summed E-state index contributed by atoms with van der Waals surface area (Å²) in [5, 5.41) is 8.80. The van der Waals surface area contributed by atoms with Crippen molar-refractivity contribution in [2.75, 3.05) is 0 Å². The summed E-state index contributed by atoms with van der Waals surface area (Å²) in [6, 6.07) is 0. The van der Waals surface area contributed by atoms with Crippen LogP contribution in [0.3, 0.4) is 0 Å². The highest BCUT2D eigenvalue weighted by Gasteiger charge is 2.17. The summed E-state index contributed by atoms with van der Waals surface area (Å²) in [4.78, 5) is 10.7. The van der Waals surface area contributed by atoms with Gasteiger partial charge in [0.2, 0.25) is 0 Å². The first kappa shape index (κ1) is 13.5. The number of carboxylic acids is 1. The van der Waals surface area contributed by atoms with Crippen molar-refractivity contribution in [3.8, 4) is 0 Å². The maximum Gasteiger partial charge on any atom is 0.306 e. The van der Waals surface area contributed by atoms with Crippen LogP contribution in [0.4, 0.5) is 0 Å². The second-order valence-electron chi connectivity index (χ2n) is 5.65. The summed E-state index contributed by atoms with van der Waals surface area (Å²) in [6.07, 6.45) is 10.3. The van der Waals surface area contributed by atoms with Gasteiger partial charge in [-0.25, -0.2) is 0 Å². The van der Waals surface area contributed by atoms with Crippen LogP contribution in [0.2, 0.25) is 0 Å². The van der Waals surface area contributed by atoms with E-state index in [-0.39, 0.29) is 5.92 Å².